The number of nitro groups is 1. The Morgan fingerprint density at radius 1 is 0.758 bits per heavy atom. The standard InChI is InChI=1S/C28H22N2O3/c31-28(29-27(23-14-6-2-7-15-23)24-16-8-3-9-17-24)26(22-12-4-1-5-13-22)20-21-11-10-18-25(19-21)30(32)33/h1-20,27H,(H,29,31)/b26-20+. The Kier molecular flexibility index (Phi) is 6.71. The zero-order valence-electron chi connectivity index (χ0n) is 17.8. The molecule has 1 N–H and O–H groups in total. The predicted octanol–water partition coefficient (Wildman–Crippen LogP) is 6.04. The summed E-state index contributed by atoms with van der Waals surface area (Å²) < 4.78 is 0. The molecule has 0 spiro atoms. The van der Waals surface area contributed by atoms with Crippen LogP contribution in [0.1, 0.15) is 28.3 Å². The van der Waals surface area contributed by atoms with Crippen molar-refractivity contribution in [1.82, 2.24) is 5.32 Å². The van der Waals surface area contributed by atoms with Gasteiger partial charge in [-0.1, -0.05) is 103 Å². The minimum atomic E-state index is -0.444. The first-order valence-corrected chi connectivity index (χ1v) is 10.5. The van der Waals surface area contributed by atoms with Gasteiger partial charge in [0.1, 0.15) is 0 Å². The van der Waals surface area contributed by atoms with Gasteiger partial charge in [0.05, 0.1) is 11.0 Å². The number of nitro benzene ring substituents is 1. The normalized spacial score (nSPS) is 11.2. The molecule has 0 atom stereocenters. The van der Waals surface area contributed by atoms with Crippen LogP contribution >= 0.6 is 0 Å². The number of carbonyl (C=O) groups excluding carboxylic acids is 1. The van der Waals surface area contributed by atoms with Gasteiger partial charge in [0.2, 0.25) is 0 Å². The zero-order chi connectivity index (χ0) is 23.0. The van der Waals surface area contributed by atoms with Gasteiger partial charge in [-0.05, 0) is 28.3 Å². The second-order valence-electron chi connectivity index (χ2n) is 7.50. The fourth-order valence-corrected chi connectivity index (χ4v) is 3.65. The third-order valence-corrected chi connectivity index (χ3v) is 5.26. The second kappa shape index (κ2) is 10.2. The van der Waals surface area contributed by atoms with Crippen molar-refractivity contribution in [1.29, 1.82) is 0 Å². The summed E-state index contributed by atoms with van der Waals surface area (Å²) in [6, 6.07) is 34.7. The molecular weight excluding hydrogens is 412 g/mol. The summed E-state index contributed by atoms with van der Waals surface area (Å²) >= 11 is 0. The van der Waals surface area contributed by atoms with E-state index in [0.717, 1.165) is 16.7 Å². The van der Waals surface area contributed by atoms with Gasteiger partial charge in [-0.3, -0.25) is 14.9 Å². The van der Waals surface area contributed by atoms with E-state index in [1.165, 1.54) is 12.1 Å². The average molecular weight is 434 g/mol. The molecule has 1 amide bonds. The molecule has 0 aliphatic carbocycles. The molecule has 0 heterocycles. The van der Waals surface area contributed by atoms with Crippen molar-refractivity contribution in [2.75, 3.05) is 0 Å². The number of nitrogens with one attached hydrogen (secondary N) is 1. The molecule has 0 saturated heterocycles. The van der Waals surface area contributed by atoms with E-state index in [1.54, 1.807) is 18.2 Å². The van der Waals surface area contributed by atoms with Gasteiger partial charge in [-0.15, -0.1) is 0 Å². The molecule has 0 aromatic heterocycles. The lowest BCUT2D eigenvalue weighted by molar-refractivity contribution is -0.384. The minimum Gasteiger partial charge on any atom is -0.341 e. The Morgan fingerprint density at radius 3 is 1.85 bits per heavy atom. The molecule has 4 rings (SSSR count). The lowest BCUT2D eigenvalue weighted by atomic mass is 9.96. The molecule has 5 nitrogen and oxygen atoms in total. The van der Waals surface area contributed by atoms with Crippen LogP contribution in [0.2, 0.25) is 0 Å². The van der Waals surface area contributed by atoms with Crippen LogP contribution in [0.3, 0.4) is 0 Å². The molecule has 0 fully saturated rings. The fraction of sp³-hybridized carbons (Fsp3) is 0.0357. The monoisotopic (exact) mass is 434 g/mol. The number of nitrogens with zero attached hydrogens (tertiary/aromatic N) is 1. The van der Waals surface area contributed by atoms with Crippen LogP contribution in [0.5, 0.6) is 0 Å². The third-order valence-electron chi connectivity index (χ3n) is 5.26. The number of hydrogen-bond acceptors (Lipinski definition) is 3. The Bertz CT molecular complexity index is 1230. The topological polar surface area (TPSA) is 72.2 Å². The highest BCUT2D eigenvalue weighted by Crippen LogP contribution is 2.26. The van der Waals surface area contributed by atoms with Crippen LogP contribution in [-0.2, 0) is 4.79 Å². The number of carbonyl (C=O) groups is 1. The number of amides is 1. The van der Waals surface area contributed by atoms with E-state index in [-0.39, 0.29) is 17.6 Å². The van der Waals surface area contributed by atoms with Crippen LogP contribution in [0.25, 0.3) is 11.6 Å². The van der Waals surface area contributed by atoms with E-state index < -0.39 is 4.92 Å². The van der Waals surface area contributed by atoms with Crippen LogP contribution < -0.4 is 5.32 Å². The third kappa shape index (κ3) is 5.40. The quantitative estimate of drug-likeness (QED) is 0.167. The Hall–Kier alpha value is -4.51. The van der Waals surface area contributed by atoms with Crippen molar-refractivity contribution in [2.45, 2.75) is 6.04 Å². The van der Waals surface area contributed by atoms with Gasteiger partial charge in [0, 0.05) is 17.7 Å². The van der Waals surface area contributed by atoms with Gasteiger partial charge in [0.15, 0.2) is 0 Å². The molecule has 0 radical (unpaired) electrons. The molecule has 4 aromatic rings. The maximum atomic E-state index is 13.6. The van der Waals surface area contributed by atoms with Crippen molar-refractivity contribution < 1.29 is 9.72 Å². The van der Waals surface area contributed by atoms with Gasteiger partial charge in [-0.25, -0.2) is 0 Å². The molecule has 0 unspecified atom stereocenters. The summed E-state index contributed by atoms with van der Waals surface area (Å²) in [6.45, 7) is 0. The number of hydrogen-bond donors (Lipinski definition) is 1. The maximum absolute atomic E-state index is 13.6. The largest absolute Gasteiger partial charge is 0.341 e. The SMILES string of the molecule is O=C(NC(c1ccccc1)c1ccccc1)/C(=C/c1cccc([N+](=O)[O-])c1)c1ccccc1. The lowest BCUT2D eigenvalue weighted by Gasteiger charge is -2.21. The summed E-state index contributed by atoms with van der Waals surface area (Å²) in [6.07, 6.45) is 1.69. The molecule has 4 aromatic carbocycles. The second-order valence-corrected chi connectivity index (χ2v) is 7.50. The van der Waals surface area contributed by atoms with Crippen LogP contribution in [0.15, 0.2) is 115 Å². The number of rotatable bonds is 7. The van der Waals surface area contributed by atoms with Crippen molar-refractivity contribution >= 4 is 23.2 Å². The van der Waals surface area contributed by atoms with Gasteiger partial charge < -0.3 is 5.32 Å². The lowest BCUT2D eigenvalue weighted by Crippen LogP contribution is -2.30. The molecule has 0 aliphatic heterocycles. The molecular formula is C28H22N2O3. The summed E-state index contributed by atoms with van der Waals surface area (Å²) in [7, 11) is 0. The summed E-state index contributed by atoms with van der Waals surface area (Å²) in [5.41, 5.74) is 3.62. The van der Waals surface area contributed by atoms with Crippen molar-refractivity contribution in [3.63, 3.8) is 0 Å². The molecule has 162 valence electrons. The Morgan fingerprint density at radius 2 is 1.30 bits per heavy atom. The van der Waals surface area contributed by atoms with E-state index in [2.05, 4.69) is 5.32 Å². The first kappa shape index (κ1) is 21.7. The first-order chi connectivity index (χ1) is 16.1. The van der Waals surface area contributed by atoms with Crippen LogP contribution in [-0.4, -0.2) is 10.8 Å². The summed E-state index contributed by atoms with van der Waals surface area (Å²) in [5, 5.41) is 14.4. The Labute approximate surface area is 192 Å². The molecule has 33 heavy (non-hydrogen) atoms. The van der Waals surface area contributed by atoms with Gasteiger partial charge in [-0.2, -0.15) is 0 Å². The van der Waals surface area contributed by atoms with E-state index in [9.17, 15) is 14.9 Å². The molecule has 5 heteroatoms. The highest BCUT2D eigenvalue weighted by Gasteiger charge is 2.20. The smallest absolute Gasteiger partial charge is 0.270 e. The number of benzene rings is 4. The van der Waals surface area contributed by atoms with E-state index in [1.807, 2.05) is 91.0 Å². The summed E-state index contributed by atoms with van der Waals surface area (Å²) in [4.78, 5) is 24.4. The van der Waals surface area contributed by atoms with Crippen molar-refractivity contribution in [3.8, 4) is 0 Å². The zero-order valence-corrected chi connectivity index (χ0v) is 17.8. The predicted molar refractivity (Wildman–Crippen MR) is 130 cm³/mol. The summed E-state index contributed by atoms with van der Waals surface area (Å²) in [5.74, 6) is -0.273. The van der Waals surface area contributed by atoms with E-state index in [4.69, 9.17) is 0 Å². The van der Waals surface area contributed by atoms with Crippen LogP contribution in [0, 0.1) is 10.1 Å². The minimum absolute atomic E-state index is 0.0250. The Balaban J connectivity index is 1.75. The molecule has 0 aliphatic rings. The van der Waals surface area contributed by atoms with Gasteiger partial charge >= 0.3 is 0 Å². The highest BCUT2D eigenvalue weighted by molar-refractivity contribution is 6.24. The van der Waals surface area contributed by atoms with Crippen LogP contribution in [0.4, 0.5) is 5.69 Å². The van der Waals surface area contributed by atoms with Crippen molar-refractivity contribution in [3.05, 3.63) is 148 Å². The number of non-ortho nitro benzene ring substituents is 1. The average Bonchev–Trinajstić information content (AvgIpc) is 2.87. The highest BCUT2D eigenvalue weighted by atomic mass is 16.6. The molecule has 0 saturated carbocycles. The fourth-order valence-electron chi connectivity index (χ4n) is 3.65. The van der Waals surface area contributed by atoms with E-state index >= 15 is 0 Å². The first-order valence-electron chi connectivity index (χ1n) is 10.5. The van der Waals surface area contributed by atoms with Crippen molar-refractivity contribution in [2.24, 2.45) is 0 Å². The van der Waals surface area contributed by atoms with E-state index in [0.29, 0.717) is 11.1 Å². The molecule has 0 bridgehead atoms. The van der Waals surface area contributed by atoms with Gasteiger partial charge in [0.25, 0.3) is 11.6 Å². The maximum Gasteiger partial charge on any atom is 0.270 e.